The minimum Gasteiger partial charge on any atom is -0.465 e. The zero-order valence-electron chi connectivity index (χ0n) is 18.4. The van der Waals surface area contributed by atoms with E-state index in [-0.39, 0.29) is 24.0 Å². The van der Waals surface area contributed by atoms with Gasteiger partial charge in [-0.3, -0.25) is 4.90 Å². The van der Waals surface area contributed by atoms with E-state index in [1.54, 1.807) is 30.3 Å². The Labute approximate surface area is 212 Å². The lowest BCUT2D eigenvalue weighted by molar-refractivity contribution is -0.112. The molecule has 1 aliphatic rings. The number of benzene rings is 2. The van der Waals surface area contributed by atoms with E-state index in [4.69, 9.17) is 27.9 Å². The fourth-order valence-corrected chi connectivity index (χ4v) is 7.87. The molecule has 0 saturated carbocycles. The molecule has 3 aromatic rings. The number of rotatable bonds is 7. The average Bonchev–Trinajstić information content (AvgIpc) is 3.23. The predicted octanol–water partition coefficient (Wildman–Crippen LogP) is 4.76. The first-order chi connectivity index (χ1) is 16.0. The summed E-state index contributed by atoms with van der Waals surface area (Å²) in [4.78, 5) is 14.6. The van der Waals surface area contributed by atoms with Gasteiger partial charge in [-0.25, -0.2) is 13.2 Å². The molecule has 4 rings (SSSR count). The molecule has 6 nitrogen and oxygen atoms in total. The largest absolute Gasteiger partial charge is 0.465 e. The Morgan fingerprint density at radius 3 is 1.94 bits per heavy atom. The van der Waals surface area contributed by atoms with Crippen LogP contribution in [-0.2, 0) is 14.6 Å². The SMILES string of the molecule is COC(=O)c1ccc(C(C2(O)CN(C(c3ccc(Cl)cc3)c3ccc(Cl)cc3)C2)S(C)(=O)=O)s1. The number of sulfone groups is 1. The lowest BCUT2D eigenvalue weighted by Gasteiger charge is -2.52. The summed E-state index contributed by atoms with van der Waals surface area (Å²) in [5.74, 6) is -0.545. The van der Waals surface area contributed by atoms with Gasteiger partial charge in [0.15, 0.2) is 9.84 Å². The number of ether oxygens (including phenoxy) is 1. The molecule has 1 aliphatic heterocycles. The molecule has 0 amide bonds. The summed E-state index contributed by atoms with van der Waals surface area (Å²) in [6, 6.07) is 17.7. The first kappa shape index (κ1) is 25.2. The minimum absolute atomic E-state index is 0.117. The number of thiophene rings is 1. The lowest BCUT2D eigenvalue weighted by atomic mass is 9.84. The Balaban J connectivity index is 1.66. The fraction of sp³-hybridized carbons (Fsp3) is 0.292. The number of nitrogens with zero attached hydrogens (tertiary/aromatic N) is 1. The second kappa shape index (κ2) is 9.60. The van der Waals surface area contributed by atoms with E-state index in [1.807, 2.05) is 29.2 Å². The Bertz CT molecular complexity index is 1240. The van der Waals surface area contributed by atoms with Crippen LogP contribution in [0.2, 0.25) is 10.0 Å². The molecule has 10 heteroatoms. The first-order valence-corrected chi connectivity index (χ1v) is 13.9. The summed E-state index contributed by atoms with van der Waals surface area (Å²) in [6.07, 6.45) is 1.10. The van der Waals surface area contributed by atoms with Crippen LogP contribution >= 0.6 is 34.5 Å². The number of halogens is 2. The molecule has 1 unspecified atom stereocenters. The highest BCUT2D eigenvalue weighted by molar-refractivity contribution is 7.91. The highest BCUT2D eigenvalue weighted by atomic mass is 35.5. The van der Waals surface area contributed by atoms with Gasteiger partial charge >= 0.3 is 5.97 Å². The standard InChI is InChI=1S/C24H23Cl2NO5S2/c1-32-23(28)20-12-11-19(33-20)22(34(2,30)31)24(29)13-27(14-24)21(15-3-7-17(25)8-4-15)16-5-9-18(26)10-6-16/h3-12,21-22,29H,13-14H2,1-2H3. The summed E-state index contributed by atoms with van der Waals surface area (Å²) in [6.45, 7) is 0.234. The summed E-state index contributed by atoms with van der Waals surface area (Å²) in [5, 5.41) is 11.5. The van der Waals surface area contributed by atoms with Crippen LogP contribution in [0, 0.1) is 0 Å². The molecule has 2 heterocycles. The molecule has 180 valence electrons. The molecule has 1 N–H and O–H groups in total. The third kappa shape index (κ3) is 5.03. The topological polar surface area (TPSA) is 83.9 Å². The van der Waals surface area contributed by atoms with Crippen molar-refractivity contribution in [2.75, 3.05) is 26.5 Å². The van der Waals surface area contributed by atoms with Gasteiger partial charge < -0.3 is 9.84 Å². The van der Waals surface area contributed by atoms with Crippen LogP contribution in [0.25, 0.3) is 0 Å². The minimum atomic E-state index is -3.70. The van der Waals surface area contributed by atoms with E-state index in [9.17, 15) is 18.3 Å². The molecule has 0 aliphatic carbocycles. The molecule has 0 spiro atoms. The first-order valence-electron chi connectivity index (χ1n) is 10.4. The maximum atomic E-state index is 12.8. The van der Waals surface area contributed by atoms with E-state index >= 15 is 0 Å². The molecular weight excluding hydrogens is 517 g/mol. The number of methoxy groups -OCH3 is 1. The highest BCUT2D eigenvalue weighted by Crippen LogP contribution is 2.46. The van der Waals surface area contributed by atoms with Gasteiger partial charge in [-0.15, -0.1) is 11.3 Å². The zero-order chi connectivity index (χ0) is 24.7. The Hall–Kier alpha value is -1.94. The summed E-state index contributed by atoms with van der Waals surface area (Å²) in [5.41, 5.74) is 0.380. The van der Waals surface area contributed by atoms with Gasteiger partial charge in [-0.05, 0) is 47.5 Å². The van der Waals surface area contributed by atoms with Crippen LogP contribution in [0.1, 0.15) is 37.0 Å². The smallest absolute Gasteiger partial charge is 0.348 e. The molecule has 0 radical (unpaired) electrons. The number of carbonyl (C=O) groups is 1. The number of aliphatic hydroxyl groups is 1. The Morgan fingerprint density at radius 2 is 1.50 bits per heavy atom. The second-order valence-corrected chi connectivity index (χ2v) is 12.5. The van der Waals surface area contributed by atoms with Gasteiger partial charge in [0.2, 0.25) is 0 Å². The monoisotopic (exact) mass is 539 g/mol. The average molecular weight is 540 g/mol. The molecule has 1 saturated heterocycles. The number of hydrogen-bond donors (Lipinski definition) is 1. The summed E-state index contributed by atoms with van der Waals surface area (Å²) < 4.78 is 30.3. The van der Waals surface area contributed by atoms with Gasteiger partial charge in [0.1, 0.15) is 15.7 Å². The van der Waals surface area contributed by atoms with Crippen molar-refractivity contribution in [2.24, 2.45) is 0 Å². The molecule has 2 aromatic carbocycles. The third-order valence-corrected chi connectivity index (χ3v) is 9.21. The maximum absolute atomic E-state index is 12.8. The number of carbonyl (C=O) groups excluding carboxylic acids is 1. The van der Waals surface area contributed by atoms with Crippen LogP contribution in [0.15, 0.2) is 60.7 Å². The number of esters is 1. The molecule has 1 aromatic heterocycles. The van der Waals surface area contributed by atoms with Crippen molar-refractivity contribution in [2.45, 2.75) is 16.9 Å². The summed E-state index contributed by atoms with van der Waals surface area (Å²) in [7, 11) is -2.43. The van der Waals surface area contributed by atoms with E-state index < -0.39 is 26.7 Å². The van der Waals surface area contributed by atoms with Crippen LogP contribution in [0.3, 0.4) is 0 Å². The number of hydrogen-bond acceptors (Lipinski definition) is 7. The van der Waals surface area contributed by atoms with Gasteiger partial charge in [0.25, 0.3) is 0 Å². The van der Waals surface area contributed by atoms with Crippen molar-refractivity contribution >= 4 is 50.3 Å². The van der Waals surface area contributed by atoms with Crippen LogP contribution < -0.4 is 0 Å². The molecule has 34 heavy (non-hydrogen) atoms. The quantitative estimate of drug-likeness (QED) is 0.435. The fourth-order valence-electron chi connectivity index (χ4n) is 4.49. The second-order valence-electron chi connectivity index (χ2n) is 8.42. The lowest BCUT2D eigenvalue weighted by Crippen LogP contribution is -2.66. The molecule has 1 atom stereocenters. The molecular formula is C24H23Cl2NO5S2. The van der Waals surface area contributed by atoms with Crippen molar-refractivity contribution in [3.63, 3.8) is 0 Å². The Kier molecular flexibility index (Phi) is 7.11. The normalized spacial score (nSPS) is 16.8. The van der Waals surface area contributed by atoms with Crippen molar-refractivity contribution in [3.8, 4) is 0 Å². The zero-order valence-corrected chi connectivity index (χ0v) is 21.6. The number of β-amino-alcohol motifs (C(OH)–C–C–N with tert-alkyl or cyclic N) is 1. The van der Waals surface area contributed by atoms with E-state index in [0.717, 1.165) is 28.7 Å². The Morgan fingerprint density at radius 1 is 1.00 bits per heavy atom. The summed E-state index contributed by atoms with van der Waals surface area (Å²) >= 11 is 13.2. The van der Waals surface area contributed by atoms with E-state index in [0.29, 0.717) is 14.9 Å². The van der Waals surface area contributed by atoms with Crippen molar-refractivity contribution in [1.29, 1.82) is 0 Å². The van der Waals surface area contributed by atoms with Gasteiger partial charge in [-0.2, -0.15) is 0 Å². The van der Waals surface area contributed by atoms with Crippen molar-refractivity contribution in [3.05, 3.63) is 91.6 Å². The van der Waals surface area contributed by atoms with Crippen LogP contribution in [0.5, 0.6) is 0 Å². The molecule has 1 fully saturated rings. The van der Waals surface area contributed by atoms with Crippen LogP contribution in [-0.4, -0.2) is 56.4 Å². The highest BCUT2D eigenvalue weighted by Gasteiger charge is 2.54. The van der Waals surface area contributed by atoms with Gasteiger partial charge in [0.05, 0.1) is 13.2 Å². The number of likely N-dealkylation sites (tertiary alicyclic amines) is 1. The predicted molar refractivity (Wildman–Crippen MR) is 135 cm³/mol. The van der Waals surface area contributed by atoms with Crippen molar-refractivity contribution in [1.82, 2.24) is 4.90 Å². The van der Waals surface area contributed by atoms with Crippen LogP contribution in [0.4, 0.5) is 0 Å². The van der Waals surface area contributed by atoms with E-state index in [1.165, 1.54) is 13.2 Å². The van der Waals surface area contributed by atoms with Crippen molar-refractivity contribution < 1.29 is 23.1 Å². The molecule has 0 bridgehead atoms. The maximum Gasteiger partial charge on any atom is 0.348 e. The van der Waals surface area contributed by atoms with Gasteiger partial charge in [-0.1, -0.05) is 47.5 Å². The third-order valence-electron chi connectivity index (χ3n) is 5.88. The van der Waals surface area contributed by atoms with E-state index in [2.05, 4.69) is 0 Å². The van der Waals surface area contributed by atoms with Gasteiger partial charge in [0, 0.05) is 34.3 Å².